The lowest BCUT2D eigenvalue weighted by molar-refractivity contribution is 0.790. The van der Waals surface area contributed by atoms with Crippen LogP contribution < -0.4 is 5.73 Å². The third-order valence-corrected chi connectivity index (χ3v) is 4.96. The predicted octanol–water partition coefficient (Wildman–Crippen LogP) is 5.33. The first-order chi connectivity index (χ1) is 11.1. The second kappa shape index (κ2) is 5.55. The normalized spacial score (nSPS) is 15.8. The van der Waals surface area contributed by atoms with Crippen LogP contribution in [0.2, 0.25) is 10.0 Å². The Balaban J connectivity index is 1.92. The van der Waals surface area contributed by atoms with Gasteiger partial charge < -0.3 is 5.73 Å². The highest BCUT2D eigenvalue weighted by Crippen LogP contribution is 2.44. The summed E-state index contributed by atoms with van der Waals surface area (Å²) in [6.07, 6.45) is 2.72. The van der Waals surface area contributed by atoms with Gasteiger partial charge in [0.05, 0.1) is 0 Å². The van der Waals surface area contributed by atoms with E-state index in [9.17, 15) is 0 Å². The van der Waals surface area contributed by atoms with E-state index in [0.717, 1.165) is 17.5 Å². The summed E-state index contributed by atoms with van der Waals surface area (Å²) in [7, 11) is 0. The van der Waals surface area contributed by atoms with E-state index in [-0.39, 0.29) is 5.92 Å². The summed E-state index contributed by atoms with van der Waals surface area (Å²) in [5.41, 5.74) is 11.8. The Bertz CT molecular complexity index is 906. The van der Waals surface area contributed by atoms with Crippen molar-refractivity contribution < 1.29 is 0 Å². The first-order valence-electron chi connectivity index (χ1n) is 7.42. The molecule has 0 saturated carbocycles. The quantitative estimate of drug-likeness (QED) is 0.650. The van der Waals surface area contributed by atoms with Gasteiger partial charge in [0.15, 0.2) is 0 Å². The third-order valence-electron chi connectivity index (χ3n) is 4.40. The molecule has 0 amide bonds. The summed E-state index contributed by atoms with van der Waals surface area (Å²) in [5.74, 6) is 0.732. The number of rotatable bonds is 1. The number of halogens is 2. The van der Waals surface area contributed by atoms with E-state index < -0.39 is 0 Å². The van der Waals surface area contributed by atoms with Gasteiger partial charge in [-0.3, -0.25) is 0 Å². The Morgan fingerprint density at radius 3 is 2.61 bits per heavy atom. The van der Waals surface area contributed by atoms with E-state index in [1.54, 1.807) is 6.07 Å². The number of fused-ring (bicyclic) bond motifs is 3. The zero-order valence-corrected chi connectivity index (χ0v) is 13.8. The maximum Gasteiger partial charge on any atom is 0.123 e. The van der Waals surface area contributed by atoms with Gasteiger partial charge in [-0.15, -0.1) is 0 Å². The highest BCUT2D eigenvalue weighted by molar-refractivity contribution is 6.35. The SMILES string of the molecule is Nc1cc2c(cn1)CC(c1ccc(Cl)cc1Cl)c1ccccc1-2. The molecule has 1 aliphatic rings. The van der Waals surface area contributed by atoms with E-state index in [2.05, 4.69) is 23.2 Å². The molecule has 0 fully saturated rings. The number of pyridine rings is 1. The van der Waals surface area contributed by atoms with Gasteiger partial charge in [0, 0.05) is 22.2 Å². The molecule has 0 spiro atoms. The number of nitrogens with zero attached hydrogens (tertiary/aromatic N) is 1. The van der Waals surface area contributed by atoms with Crippen molar-refractivity contribution in [3.8, 4) is 11.1 Å². The second-order valence-electron chi connectivity index (χ2n) is 5.78. The lowest BCUT2D eigenvalue weighted by atomic mass is 9.76. The van der Waals surface area contributed by atoms with Crippen LogP contribution in [0, 0.1) is 0 Å². The molecule has 2 nitrogen and oxygen atoms in total. The van der Waals surface area contributed by atoms with Crippen molar-refractivity contribution in [1.82, 2.24) is 4.98 Å². The van der Waals surface area contributed by atoms with E-state index in [1.807, 2.05) is 30.5 Å². The van der Waals surface area contributed by atoms with Gasteiger partial charge in [-0.2, -0.15) is 0 Å². The molecule has 1 aliphatic carbocycles. The minimum absolute atomic E-state index is 0.189. The Kier molecular flexibility index (Phi) is 3.51. The Hall–Kier alpha value is -2.03. The maximum atomic E-state index is 6.46. The molecule has 1 heterocycles. The van der Waals surface area contributed by atoms with Crippen molar-refractivity contribution in [2.24, 2.45) is 0 Å². The van der Waals surface area contributed by atoms with Gasteiger partial charge in [-0.1, -0.05) is 53.5 Å². The highest BCUT2D eigenvalue weighted by atomic mass is 35.5. The van der Waals surface area contributed by atoms with Gasteiger partial charge in [-0.05, 0) is 52.4 Å². The molecule has 1 aromatic heterocycles. The highest BCUT2D eigenvalue weighted by Gasteiger charge is 2.27. The van der Waals surface area contributed by atoms with Crippen LogP contribution in [0.4, 0.5) is 5.82 Å². The average Bonchev–Trinajstić information content (AvgIpc) is 2.55. The van der Waals surface area contributed by atoms with Crippen LogP contribution in [0.1, 0.15) is 22.6 Å². The van der Waals surface area contributed by atoms with Crippen molar-refractivity contribution in [2.45, 2.75) is 12.3 Å². The number of nitrogen functional groups attached to an aromatic ring is 1. The largest absolute Gasteiger partial charge is 0.384 e. The fraction of sp³-hybridized carbons (Fsp3) is 0.105. The van der Waals surface area contributed by atoms with Gasteiger partial charge >= 0.3 is 0 Å². The van der Waals surface area contributed by atoms with Gasteiger partial charge in [0.2, 0.25) is 0 Å². The first-order valence-corrected chi connectivity index (χ1v) is 8.17. The molecule has 4 heteroatoms. The molecule has 1 unspecified atom stereocenters. The lowest BCUT2D eigenvalue weighted by Gasteiger charge is -2.28. The summed E-state index contributed by atoms with van der Waals surface area (Å²) in [6, 6.07) is 16.1. The maximum absolute atomic E-state index is 6.46. The van der Waals surface area contributed by atoms with Crippen molar-refractivity contribution in [3.63, 3.8) is 0 Å². The molecule has 2 N–H and O–H groups in total. The van der Waals surface area contributed by atoms with Crippen LogP contribution in [0.5, 0.6) is 0 Å². The van der Waals surface area contributed by atoms with Crippen molar-refractivity contribution in [2.75, 3.05) is 5.73 Å². The zero-order valence-electron chi connectivity index (χ0n) is 12.3. The fourth-order valence-electron chi connectivity index (χ4n) is 3.35. The average molecular weight is 341 g/mol. The molecule has 0 radical (unpaired) electrons. The minimum Gasteiger partial charge on any atom is -0.384 e. The molecule has 0 saturated heterocycles. The number of hydrogen-bond acceptors (Lipinski definition) is 2. The van der Waals surface area contributed by atoms with E-state index >= 15 is 0 Å². The van der Waals surface area contributed by atoms with E-state index in [4.69, 9.17) is 28.9 Å². The number of hydrogen-bond donors (Lipinski definition) is 1. The van der Waals surface area contributed by atoms with Crippen LogP contribution in [-0.4, -0.2) is 4.98 Å². The van der Waals surface area contributed by atoms with E-state index in [1.165, 1.54) is 16.7 Å². The summed E-state index contributed by atoms with van der Waals surface area (Å²) in [5, 5.41) is 1.35. The summed E-state index contributed by atoms with van der Waals surface area (Å²) >= 11 is 12.5. The summed E-state index contributed by atoms with van der Waals surface area (Å²) < 4.78 is 0. The molecule has 2 aromatic carbocycles. The Morgan fingerprint density at radius 1 is 0.957 bits per heavy atom. The predicted molar refractivity (Wildman–Crippen MR) is 96.1 cm³/mol. The third kappa shape index (κ3) is 2.48. The standard InChI is InChI=1S/C19H14Cl2N2/c20-12-5-6-15(18(21)8-12)17-7-11-10-23-19(22)9-16(11)13-3-1-2-4-14(13)17/h1-6,8-10,17H,7H2,(H2,22,23). The molecule has 23 heavy (non-hydrogen) atoms. The van der Waals surface area contributed by atoms with Crippen molar-refractivity contribution in [3.05, 3.63) is 81.5 Å². The second-order valence-corrected chi connectivity index (χ2v) is 6.62. The monoisotopic (exact) mass is 340 g/mol. The van der Waals surface area contributed by atoms with Crippen molar-refractivity contribution >= 4 is 29.0 Å². The fourth-order valence-corrected chi connectivity index (χ4v) is 3.89. The van der Waals surface area contributed by atoms with Gasteiger partial charge in [0.1, 0.15) is 5.82 Å². The topological polar surface area (TPSA) is 38.9 Å². The molecule has 0 aliphatic heterocycles. The molecule has 3 aromatic rings. The lowest BCUT2D eigenvalue weighted by Crippen LogP contribution is -2.14. The van der Waals surface area contributed by atoms with Crippen LogP contribution in [-0.2, 0) is 6.42 Å². The number of aromatic nitrogens is 1. The molecular weight excluding hydrogens is 327 g/mol. The van der Waals surface area contributed by atoms with Crippen LogP contribution >= 0.6 is 23.2 Å². The molecular formula is C19H14Cl2N2. The Morgan fingerprint density at radius 2 is 1.78 bits per heavy atom. The molecule has 0 bridgehead atoms. The minimum atomic E-state index is 0.189. The summed E-state index contributed by atoms with van der Waals surface area (Å²) in [6.45, 7) is 0. The molecule has 114 valence electrons. The molecule has 4 rings (SSSR count). The first kappa shape index (κ1) is 14.6. The summed E-state index contributed by atoms with van der Waals surface area (Å²) in [4.78, 5) is 4.25. The Labute approximate surface area is 144 Å². The number of anilines is 1. The van der Waals surface area contributed by atoms with Crippen molar-refractivity contribution in [1.29, 1.82) is 0 Å². The van der Waals surface area contributed by atoms with Crippen LogP contribution in [0.15, 0.2) is 54.7 Å². The number of benzene rings is 2. The van der Waals surface area contributed by atoms with Gasteiger partial charge in [0.25, 0.3) is 0 Å². The smallest absolute Gasteiger partial charge is 0.123 e. The zero-order chi connectivity index (χ0) is 16.0. The van der Waals surface area contributed by atoms with Crippen LogP contribution in [0.25, 0.3) is 11.1 Å². The van der Waals surface area contributed by atoms with Crippen LogP contribution in [0.3, 0.4) is 0 Å². The molecule has 1 atom stereocenters. The van der Waals surface area contributed by atoms with E-state index in [0.29, 0.717) is 15.9 Å². The van der Waals surface area contributed by atoms with Gasteiger partial charge in [-0.25, -0.2) is 4.98 Å². The number of nitrogens with two attached hydrogens (primary N) is 1.